The van der Waals surface area contributed by atoms with Crippen molar-refractivity contribution in [3.8, 4) is 5.75 Å². The number of methoxy groups -OCH3 is 1. The van der Waals surface area contributed by atoms with Crippen molar-refractivity contribution in [1.82, 2.24) is 9.80 Å². The maximum absolute atomic E-state index is 12.6. The van der Waals surface area contributed by atoms with E-state index >= 15 is 0 Å². The Hall–Kier alpha value is -2.24. The third-order valence-corrected chi connectivity index (χ3v) is 4.45. The predicted molar refractivity (Wildman–Crippen MR) is 100 cm³/mol. The minimum Gasteiger partial charge on any atom is -0.497 e. The lowest BCUT2D eigenvalue weighted by molar-refractivity contribution is -0.133. The molecule has 0 N–H and O–H groups in total. The number of ether oxygens (including phenoxy) is 2. The van der Waals surface area contributed by atoms with Gasteiger partial charge in [-0.1, -0.05) is 19.1 Å². The fourth-order valence-electron chi connectivity index (χ4n) is 2.91. The molecular formula is C20H30N2O4. The summed E-state index contributed by atoms with van der Waals surface area (Å²) in [7, 11) is 1.64. The van der Waals surface area contributed by atoms with Crippen LogP contribution in [0.1, 0.15) is 45.6 Å². The zero-order valence-corrected chi connectivity index (χ0v) is 16.4. The summed E-state index contributed by atoms with van der Waals surface area (Å²) in [5.74, 6) is 1.07. The number of hydrogen-bond acceptors (Lipinski definition) is 4. The highest BCUT2D eigenvalue weighted by molar-refractivity contribution is 5.77. The molecule has 0 aliphatic carbocycles. The van der Waals surface area contributed by atoms with Crippen molar-refractivity contribution in [2.75, 3.05) is 33.3 Å². The Morgan fingerprint density at radius 3 is 2.08 bits per heavy atom. The van der Waals surface area contributed by atoms with Gasteiger partial charge in [0.1, 0.15) is 11.4 Å². The molecular weight excluding hydrogens is 332 g/mol. The molecule has 6 nitrogen and oxygen atoms in total. The molecule has 1 aromatic rings. The van der Waals surface area contributed by atoms with Gasteiger partial charge in [0.05, 0.1) is 7.11 Å². The van der Waals surface area contributed by atoms with E-state index in [0.717, 1.165) is 11.3 Å². The average Bonchev–Trinajstić information content (AvgIpc) is 2.60. The van der Waals surface area contributed by atoms with Gasteiger partial charge in [0.25, 0.3) is 0 Å². The monoisotopic (exact) mass is 362 g/mol. The molecule has 2 amide bonds. The van der Waals surface area contributed by atoms with Crippen molar-refractivity contribution < 1.29 is 19.1 Å². The summed E-state index contributed by atoms with van der Waals surface area (Å²) in [6.07, 6.45) is 0.148. The molecule has 1 saturated heterocycles. The topological polar surface area (TPSA) is 59.1 Å². The van der Waals surface area contributed by atoms with Crippen LogP contribution in [0, 0.1) is 0 Å². The Morgan fingerprint density at radius 1 is 1.04 bits per heavy atom. The van der Waals surface area contributed by atoms with Crippen LogP contribution in [0.25, 0.3) is 0 Å². The average molecular weight is 362 g/mol. The molecule has 26 heavy (non-hydrogen) atoms. The predicted octanol–water partition coefficient (Wildman–Crippen LogP) is 3.27. The Bertz CT molecular complexity index is 614. The molecule has 0 bridgehead atoms. The number of carbonyl (C=O) groups excluding carboxylic acids is 2. The van der Waals surface area contributed by atoms with E-state index in [9.17, 15) is 9.59 Å². The first-order chi connectivity index (χ1) is 12.2. The van der Waals surface area contributed by atoms with Gasteiger partial charge in [0.2, 0.25) is 5.91 Å². The van der Waals surface area contributed by atoms with E-state index in [1.807, 2.05) is 49.9 Å². The van der Waals surface area contributed by atoms with Crippen LogP contribution in [-0.2, 0) is 9.53 Å². The molecule has 144 valence electrons. The van der Waals surface area contributed by atoms with Crippen LogP contribution in [0.15, 0.2) is 24.3 Å². The third kappa shape index (κ3) is 5.64. The van der Waals surface area contributed by atoms with Crippen LogP contribution in [0.3, 0.4) is 0 Å². The lowest BCUT2D eigenvalue weighted by Crippen LogP contribution is -2.51. The van der Waals surface area contributed by atoms with Crippen LogP contribution in [-0.4, -0.2) is 60.7 Å². The summed E-state index contributed by atoms with van der Waals surface area (Å²) < 4.78 is 10.6. The van der Waals surface area contributed by atoms with E-state index in [0.29, 0.717) is 32.6 Å². The van der Waals surface area contributed by atoms with E-state index in [4.69, 9.17) is 9.47 Å². The molecule has 1 atom stereocenters. The van der Waals surface area contributed by atoms with E-state index in [-0.39, 0.29) is 17.9 Å². The number of piperazine rings is 1. The van der Waals surface area contributed by atoms with Crippen LogP contribution in [0.5, 0.6) is 5.75 Å². The zero-order valence-electron chi connectivity index (χ0n) is 16.4. The summed E-state index contributed by atoms with van der Waals surface area (Å²) >= 11 is 0. The second-order valence-corrected chi connectivity index (χ2v) is 7.73. The second kappa shape index (κ2) is 8.43. The largest absolute Gasteiger partial charge is 0.497 e. The molecule has 1 aliphatic rings. The van der Waals surface area contributed by atoms with Crippen molar-refractivity contribution in [3.05, 3.63) is 29.8 Å². The number of carbonyl (C=O) groups is 2. The number of hydrogen-bond donors (Lipinski definition) is 0. The Morgan fingerprint density at radius 2 is 1.58 bits per heavy atom. The van der Waals surface area contributed by atoms with Gasteiger partial charge >= 0.3 is 6.09 Å². The first kappa shape index (κ1) is 20.1. The van der Waals surface area contributed by atoms with Crippen LogP contribution in [0.4, 0.5) is 4.79 Å². The molecule has 0 radical (unpaired) electrons. The fourth-order valence-corrected chi connectivity index (χ4v) is 2.91. The summed E-state index contributed by atoms with van der Waals surface area (Å²) in [5.41, 5.74) is 0.615. The van der Waals surface area contributed by atoms with Crippen LogP contribution in [0.2, 0.25) is 0 Å². The second-order valence-electron chi connectivity index (χ2n) is 7.73. The Balaban J connectivity index is 1.83. The van der Waals surface area contributed by atoms with Crippen molar-refractivity contribution >= 4 is 12.0 Å². The summed E-state index contributed by atoms with van der Waals surface area (Å²) in [6.45, 7) is 9.73. The SMILES string of the molecule is COc1ccc(C(C)CC(=O)N2CCN(C(=O)OC(C)(C)C)CC2)cc1. The quantitative estimate of drug-likeness (QED) is 0.825. The van der Waals surface area contributed by atoms with Gasteiger partial charge in [-0.05, 0) is 44.4 Å². The zero-order chi connectivity index (χ0) is 19.3. The molecule has 0 spiro atoms. The lowest BCUT2D eigenvalue weighted by Gasteiger charge is -2.36. The van der Waals surface area contributed by atoms with Gasteiger partial charge in [-0.15, -0.1) is 0 Å². The van der Waals surface area contributed by atoms with Crippen molar-refractivity contribution in [2.45, 2.75) is 45.6 Å². The van der Waals surface area contributed by atoms with Gasteiger partial charge in [0, 0.05) is 32.6 Å². The summed E-state index contributed by atoms with van der Waals surface area (Å²) in [6, 6.07) is 7.82. The van der Waals surface area contributed by atoms with Gasteiger partial charge in [-0.25, -0.2) is 4.79 Å². The van der Waals surface area contributed by atoms with Crippen molar-refractivity contribution in [3.63, 3.8) is 0 Å². The molecule has 1 unspecified atom stereocenters. The molecule has 1 aliphatic heterocycles. The smallest absolute Gasteiger partial charge is 0.410 e. The summed E-state index contributed by atoms with van der Waals surface area (Å²) in [4.78, 5) is 28.2. The standard InChI is InChI=1S/C20H30N2O4/c1-15(16-6-8-17(25-5)9-7-16)14-18(23)21-10-12-22(13-11-21)19(24)26-20(2,3)4/h6-9,15H,10-14H2,1-5H3. The molecule has 1 heterocycles. The van der Waals surface area contributed by atoms with Gasteiger partial charge in [0.15, 0.2) is 0 Å². The third-order valence-electron chi connectivity index (χ3n) is 4.45. The van der Waals surface area contributed by atoms with Crippen LogP contribution < -0.4 is 4.74 Å². The minimum absolute atomic E-state index is 0.122. The maximum Gasteiger partial charge on any atom is 0.410 e. The molecule has 1 aromatic carbocycles. The number of nitrogens with zero attached hydrogens (tertiary/aromatic N) is 2. The molecule has 1 fully saturated rings. The normalized spacial score (nSPS) is 16.2. The number of rotatable bonds is 4. The van der Waals surface area contributed by atoms with Gasteiger partial charge < -0.3 is 19.3 Å². The minimum atomic E-state index is -0.502. The Kier molecular flexibility index (Phi) is 6.51. The molecule has 0 saturated carbocycles. The van der Waals surface area contributed by atoms with E-state index in [1.54, 1.807) is 12.0 Å². The molecule has 6 heteroatoms. The van der Waals surface area contributed by atoms with Gasteiger partial charge in [-0.2, -0.15) is 0 Å². The van der Waals surface area contributed by atoms with Crippen molar-refractivity contribution in [2.24, 2.45) is 0 Å². The van der Waals surface area contributed by atoms with Gasteiger partial charge in [-0.3, -0.25) is 4.79 Å². The van der Waals surface area contributed by atoms with E-state index < -0.39 is 5.60 Å². The van der Waals surface area contributed by atoms with E-state index in [1.165, 1.54) is 0 Å². The van der Waals surface area contributed by atoms with Crippen molar-refractivity contribution in [1.29, 1.82) is 0 Å². The van der Waals surface area contributed by atoms with Crippen LogP contribution >= 0.6 is 0 Å². The van der Waals surface area contributed by atoms with E-state index in [2.05, 4.69) is 6.92 Å². The number of amides is 2. The maximum atomic E-state index is 12.6. The highest BCUT2D eigenvalue weighted by Crippen LogP contribution is 2.23. The first-order valence-corrected chi connectivity index (χ1v) is 9.09. The highest BCUT2D eigenvalue weighted by Gasteiger charge is 2.28. The highest BCUT2D eigenvalue weighted by atomic mass is 16.6. The first-order valence-electron chi connectivity index (χ1n) is 9.09. The number of benzene rings is 1. The molecule has 2 rings (SSSR count). The molecule has 0 aromatic heterocycles. The summed E-state index contributed by atoms with van der Waals surface area (Å²) in [5, 5.41) is 0. The fraction of sp³-hybridized carbons (Fsp3) is 0.600. The lowest BCUT2D eigenvalue weighted by atomic mass is 9.97. The Labute approximate surface area is 156 Å².